The van der Waals surface area contributed by atoms with E-state index in [-0.39, 0.29) is 17.9 Å². The smallest absolute Gasteiger partial charge is 0.226 e. The van der Waals surface area contributed by atoms with Crippen molar-refractivity contribution in [1.29, 1.82) is 0 Å². The minimum absolute atomic E-state index is 0.0199. The minimum atomic E-state index is 0.0199. The van der Waals surface area contributed by atoms with E-state index in [1.54, 1.807) is 7.11 Å². The number of carbonyl (C=O) groups excluding carboxylic acids is 1. The standard InChI is InChI=1S/C17H25NO2S/c1-13(9-11-20-3)17(19)18-10-12-21-14(2)16(18)15-7-5-4-6-8-15/h4-8,13-14,16H,9-12H2,1-3H3/t13-,14+,16+/m0/s1. The van der Waals surface area contributed by atoms with Gasteiger partial charge in [0.1, 0.15) is 0 Å². The van der Waals surface area contributed by atoms with Gasteiger partial charge in [0.15, 0.2) is 0 Å². The molecular formula is C17H25NO2S. The molecule has 3 nitrogen and oxygen atoms in total. The van der Waals surface area contributed by atoms with E-state index in [1.165, 1.54) is 5.56 Å². The fraction of sp³-hybridized carbons (Fsp3) is 0.588. The minimum Gasteiger partial charge on any atom is -0.385 e. The lowest BCUT2D eigenvalue weighted by Crippen LogP contribution is -2.46. The Balaban J connectivity index is 2.16. The first-order valence-corrected chi connectivity index (χ1v) is 8.66. The van der Waals surface area contributed by atoms with Gasteiger partial charge >= 0.3 is 0 Å². The molecule has 116 valence electrons. The third-order valence-electron chi connectivity index (χ3n) is 4.09. The number of carbonyl (C=O) groups is 1. The first-order valence-electron chi connectivity index (χ1n) is 7.61. The van der Waals surface area contributed by atoms with Gasteiger partial charge in [-0.15, -0.1) is 0 Å². The van der Waals surface area contributed by atoms with E-state index in [1.807, 2.05) is 24.8 Å². The highest BCUT2D eigenvalue weighted by molar-refractivity contribution is 8.00. The fourth-order valence-electron chi connectivity index (χ4n) is 2.87. The molecule has 0 aromatic heterocycles. The van der Waals surface area contributed by atoms with Crippen LogP contribution in [0.1, 0.15) is 31.9 Å². The van der Waals surface area contributed by atoms with Crippen molar-refractivity contribution in [3.8, 4) is 0 Å². The molecule has 0 spiro atoms. The predicted molar refractivity (Wildman–Crippen MR) is 88.5 cm³/mol. The molecule has 4 heteroatoms. The van der Waals surface area contributed by atoms with Crippen molar-refractivity contribution in [1.82, 2.24) is 4.90 Å². The summed E-state index contributed by atoms with van der Waals surface area (Å²) in [6.45, 7) is 5.71. The molecule has 0 unspecified atom stereocenters. The van der Waals surface area contributed by atoms with Gasteiger partial charge in [-0.2, -0.15) is 11.8 Å². The van der Waals surface area contributed by atoms with E-state index < -0.39 is 0 Å². The van der Waals surface area contributed by atoms with Crippen LogP contribution in [-0.4, -0.2) is 42.1 Å². The number of ether oxygens (including phenoxy) is 1. The second-order valence-corrected chi connectivity index (χ2v) is 7.13. The molecule has 1 aromatic rings. The van der Waals surface area contributed by atoms with E-state index in [9.17, 15) is 4.79 Å². The molecule has 3 atom stereocenters. The van der Waals surface area contributed by atoms with Gasteiger partial charge in [0.25, 0.3) is 0 Å². The lowest BCUT2D eigenvalue weighted by molar-refractivity contribution is -0.138. The summed E-state index contributed by atoms with van der Waals surface area (Å²) in [6, 6.07) is 10.6. The molecule has 1 heterocycles. The van der Waals surface area contributed by atoms with Gasteiger partial charge < -0.3 is 9.64 Å². The van der Waals surface area contributed by atoms with E-state index in [4.69, 9.17) is 4.74 Å². The summed E-state index contributed by atoms with van der Waals surface area (Å²) in [5.74, 6) is 1.30. The zero-order valence-electron chi connectivity index (χ0n) is 13.1. The quantitative estimate of drug-likeness (QED) is 0.835. The van der Waals surface area contributed by atoms with Crippen LogP contribution >= 0.6 is 11.8 Å². The van der Waals surface area contributed by atoms with Crippen molar-refractivity contribution in [2.24, 2.45) is 5.92 Å². The number of thioether (sulfide) groups is 1. The number of hydrogen-bond donors (Lipinski definition) is 0. The molecule has 0 aliphatic carbocycles. The Morgan fingerprint density at radius 2 is 2.14 bits per heavy atom. The Labute approximate surface area is 132 Å². The third-order valence-corrected chi connectivity index (χ3v) is 5.30. The van der Waals surface area contributed by atoms with Gasteiger partial charge in [-0.3, -0.25) is 4.79 Å². The van der Waals surface area contributed by atoms with Crippen LogP contribution in [0.4, 0.5) is 0 Å². The largest absolute Gasteiger partial charge is 0.385 e. The molecule has 0 radical (unpaired) electrons. The van der Waals surface area contributed by atoms with Crippen molar-refractivity contribution in [3.05, 3.63) is 35.9 Å². The molecule has 1 fully saturated rings. The second-order valence-electron chi connectivity index (χ2n) is 5.65. The Kier molecular flexibility index (Phi) is 6.12. The van der Waals surface area contributed by atoms with Gasteiger partial charge in [-0.05, 0) is 12.0 Å². The Bertz CT molecular complexity index is 451. The Morgan fingerprint density at radius 3 is 2.81 bits per heavy atom. The van der Waals surface area contributed by atoms with Crippen LogP contribution < -0.4 is 0 Å². The summed E-state index contributed by atoms with van der Waals surface area (Å²) >= 11 is 1.95. The summed E-state index contributed by atoms with van der Waals surface area (Å²) in [7, 11) is 1.68. The van der Waals surface area contributed by atoms with Gasteiger partial charge in [-0.1, -0.05) is 44.2 Å². The number of hydrogen-bond acceptors (Lipinski definition) is 3. The molecule has 1 aliphatic rings. The SMILES string of the molecule is COCC[C@H](C)C(=O)N1CCS[C@H](C)[C@@H]1c1ccccc1. The molecule has 1 amide bonds. The number of benzene rings is 1. The van der Waals surface area contributed by atoms with Gasteiger partial charge in [0.2, 0.25) is 5.91 Å². The van der Waals surface area contributed by atoms with Crippen molar-refractivity contribution < 1.29 is 9.53 Å². The third kappa shape index (κ3) is 4.01. The van der Waals surface area contributed by atoms with E-state index in [0.717, 1.165) is 18.7 Å². The number of amides is 1. The lowest BCUT2D eigenvalue weighted by atomic mass is 9.99. The normalized spacial score (nSPS) is 23.9. The van der Waals surface area contributed by atoms with Crippen molar-refractivity contribution in [3.63, 3.8) is 0 Å². The van der Waals surface area contributed by atoms with Gasteiger partial charge in [0, 0.05) is 37.2 Å². The molecule has 1 aromatic carbocycles. The average Bonchev–Trinajstić information content (AvgIpc) is 2.52. The van der Waals surface area contributed by atoms with Gasteiger partial charge in [0.05, 0.1) is 6.04 Å². The molecule has 0 N–H and O–H groups in total. The fourth-order valence-corrected chi connectivity index (χ4v) is 4.03. The number of methoxy groups -OCH3 is 1. The van der Waals surface area contributed by atoms with Crippen molar-refractivity contribution >= 4 is 17.7 Å². The van der Waals surface area contributed by atoms with Crippen molar-refractivity contribution in [2.45, 2.75) is 31.6 Å². The molecule has 2 rings (SSSR count). The highest BCUT2D eigenvalue weighted by atomic mass is 32.2. The summed E-state index contributed by atoms with van der Waals surface area (Å²) < 4.78 is 5.11. The summed E-state index contributed by atoms with van der Waals surface area (Å²) in [4.78, 5) is 14.9. The Hall–Kier alpha value is -1.00. The van der Waals surface area contributed by atoms with Crippen LogP contribution in [0.5, 0.6) is 0 Å². The van der Waals surface area contributed by atoms with Crippen LogP contribution in [0.25, 0.3) is 0 Å². The molecule has 0 bridgehead atoms. The van der Waals surface area contributed by atoms with Crippen LogP contribution in [0.2, 0.25) is 0 Å². The highest BCUT2D eigenvalue weighted by Gasteiger charge is 2.34. The molecule has 21 heavy (non-hydrogen) atoms. The highest BCUT2D eigenvalue weighted by Crippen LogP contribution is 2.36. The average molecular weight is 307 g/mol. The molecule has 1 aliphatic heterocycles. The van der Waals surface area contributed by atoms with Crippen LogP contribution in [0.15, 0.2) is 30.3 Å². The lowest BCUT2D eigenvalue weighted by Gasteiger charge is -2.41. The maximum Gasteiger partial charge on any atom is 0.226 e. The maximum atomic E-state index is 12.8. The number of nitrogens with zero attached hydrogens (tertiary/aromatic N) is 1. The molecule has 1 saturated heterocycles. The second kappa shape index (κ2) is 7.85. The summed E-state index contributed by atoms with van der Waals surface area (Å²) in [5.41, 5.74) is 1.24. The first-order chi connectivity index (χ1) is 10.1. The van der Waals surface area contributed by atoms with Gasteiger partial charge in [-0.25, -0.2) is 0 Å². The molecular weight excluding hydrogens is 282 g/mol. The van der Waals surface area contributed by atoms with Crippen molar-refractivity contribution in [2.75, 3.05) is 26.0 Å². The monoisotopic (exact) mass is 307 g/mol. The number of rotatable bonds is 5. The zero-order valence-corrected chi connectivity index (χ0v) is 13.9. The predicted octanol–water partition coefficient (Wildman–Crippen LogP) is 3.36. The Morgan fingerprint density at radius 1 is 1.43 bits per heavy atom. The van der Waals surface area contributed by atoms with E-state index >= 15 is 0 Å². The van der Waals surface area contributed by atoms with Crippen LogP contribution in [0, 0.1) is 5.92 Å². The zero-order chi connectivity index (χ0) is 15.2. The first kappa shape index (κ1) is 16.4. The van der Waals surface area contributed by atoms with E-state index in [0.29, 0.717) is 11.9 Å². The molecule has 0 saturated carbocycles. The van der Waals surface area contributed by atoms with Crippen LogP contribution in [0.3, 0.4) is 0 Å². The summed E-state index contributed by atoms with van der Waals surface area (Å²) in [5, 5.41) is 0.430. The van der Waals surface area contributed by atoms with Crippen LogP contribution in [-0.2, 0) is 9.53 Å². The van der Waals surface area contributed by atoms with E-state index in [2.05, 4.69) is 36.1 Å². The topological polar surface area (TPSA) is 29.5 Å². The summed E-state index contributed by atoms with van der Waals surface area (Å²) in [6.07, 6.45) is 0.787. The maximum absolute atomic E-state index is 12.8.